The van der Waals surface area contributed by atoms with Crippen LogP contribution in [0.3, 0.4) is 0 Å². The number of unbranched alkanes of at least 4 members (excludes halogenated alkanes) is 1. The van der Waals surface area contributed by atoms with E-state index >= 15 is 0 Å². The summed E-state index contributed by atoms with van der Waals surface area (Å²) in [4.78, 5) is 0. The zero-order valence-electron chi connectivity index (χ0n) is 9.97. The molecule has 1 aliphatic rings. The van der Waals surface area contributed by atoms with Crippen molar-refractivity contribution in [2.45, 2.75) is 52.4 Å². The predicted octanol–water partition coefficient (Wildman–Crippen LogP) is 3.71. The number of quaternary nitrogens is 1. The Morgan fingerprint density at radius 1 is 1.07 bits per heavy atom. The van der Waals surface area contributed by atoms with Crippen LogP contribution < -0.4 is 0 Å². The highest BCUT2D eigenvalue weighted by atomic mass is 15.3. The zero-order valence-corrected chi connectivity index (χ0v) is 9.97. The fourth-order valence-corrected chi connectivity index (χ4v) is 2.39. The Balaban J connectivity index is 2.52. The number of allylic oxidation sites excluding steroid dienone is 1. The van der Waals surface area contributed by atoms with Crippen LogP contribution in [0.1, 0.15) is 52.4 Å². The van der Waals surface area contributed by atoms with E-state index in [9.17, 15) is 0 Å². The molecule has 1 heterocycles. The summed E-state index contributed by atoms with van der Waals surface area (Å²) >= 11 is 0. The van der Waals surface area contributed by atoms with Crippen molar-refractivity contribution in [3.63, 3.8) is 0 Å². The van der Waals surface area contributed by atoms with Gasteiger partial charge in [0.25, 0.3) is 0 Å². The molecule has 0 atom stereocenters. The summed E-state index contributed by atoms with van der Waals surface area (Å²) in [6.07, 6.45) is 13.1. The third-order valence-electron chi connectivity index (χ3n) is 3.32. The topological polar surface area (TPSA) is 0 Å². The summed E-state index contributed by atoms with van der Waals surface area (Å²) in [6.45, 7) is 8.67. The van der Waals surface area contributed by atoms with E-state index in [-0.39, 0.29) is 0 Å². The molecule has 14 heavy (non-hydrogen) atoms. The van der Waals surface area contributed by atoms with Crippen LogP contribution in [0.15, 0.2) is 12.3 Å². The molecule has 1 rings (SSSR count). The predicted molar refractivity (Wildman–Crippen MR) is 63.1 cm³/mol. The van der Waals surface area contributed by atoms with Gasteiger partial charge in [-0.15, -0.1) is 0 Å². The number of rotatable bonds is 5. The molecule has 0 radical (unpaired) electrons. The van der Waals surface area contributed by atoms with Crippen LogP contribution in [0, 0.1) is 0 Å². The van der Waals surface area contributed by atoms with Gasteiger partial charge in [0.1, 0.15) is 0 Å². The summed E-state index contributed by atoms with van der Waals surface area (Å²) in [7, 11) is 0. The first-order chi connectivity index (χ1) is 6.83. The molecule has 0 aliphatic carbocycles. The molecule has 0 saturated carbocycles. The van der Waals surface area contributed by atoms with E-state index in [0.717, 1.165) is 0 Å². The van der Waals surface area contributed by atoms with Gasteiger partial charge in [-0.3, -0.25) is 4.48 Å². The van der Waals surface area contributed by atoms with Crippen molar-refractivity contribution in [1.29, 1.82) is 0 Å². The van der Waals surface area contributed by atoms with Gasteiger partial charge in [-0.25, -0.2) is 0 Å². The van der Waals surface area contributed by atoms with Crippen LogP contribution in [0.25, 0.3) is 0 Å². The first-order valence-corrected chi connectivity index (χ1v) is 6.36. The lowest BCUT2D eigenvalue weighted by atomic mass is 10.1. The van der Waals surface area contributed by atoms with Gasteiger partial charge in [0, 0.05) is 0 Å². The Kier molecular flexibility index (Phi) is 5.24. The van der Waals surface area contributed by atoms with Crippen molar-refractivity contribution in [3.8, 4) is 0 Å². The van der Waals surface area contributed by atoms with Crippen LogP contribution in [-0.2, 0) is 0 Å². The fraction of sp³-hybridized carbons (Fsp3) is 0.846. The first kappa shape index (κ1) is 11.8. The van der Waals surface area contributed by atoms with Crippen molar-refractivity contribution in [3.05, 3.63) is 12.3 Å². The van der Waals surface area contributed by atoms with Gasteiger partial charge in [-0.2, -0.15) is 0 Å². The number of nitrogens with zero attached hydrogens (tertiary/aromatic N) is 1. The molecule has 0 aromatic heterocycles. The van der Waals surface area contributed by atoms with Gasteiger partial charge in [0.2, 0.25) is 0 Å². The molecule has 0 amide bonds. The van der Waals surface area contributed by atoms with E-state index in [1.807, 2.05) is 0 Å². The van der Waals surface area contributed by atoms with E-state index in [1.165, 1.54) is 62.6 Å². The minimum absolute atomic E-state index is 1.19. The summed E-state index contributed by atoms with van der Waals surface area (Å²) in [5.74, 6) is 0. The van der Waals surface area contributed by atoms with Gasteiger partial charge in [-0.1, -0.05) is 20.3 Å². The second-order valence-corrected chi connectivity index (χ2v) is 4.60. The second kappa shape index (κ2) is 6.23. The highest BCUT2D eigenvalue weighted by Crippen LogP contribution is 2.21. The van der Waals surface area contributed by atoms with Crippen LogP contribution in [0.5, 0.6) is 0 Å². The smallest absolute Gasteiger partial charge is 0.0918 e. The molecule has 0 aromatic carbocycles. The van der Waals surface area contributed by atoms with E-state index in [1.54, 1.807) is 0 Å². The molecule has 1 saturated heterocycles. The minimum Gasteiger partial charge on any atom is -0.298 e. The summed E-state index contributed by atoms with van der Waals surface area (Å²) < 4.78 is 1.28. The normalized spacial score (nSPS) is 21.6. The van der Waals surface area contributed by atoms with Gasteiger partial charge in [-0.05, 0) is 38.2 Å². The molecule has 1 nitrogen and oxygen atoms in total. The van der Waals surface area contributed by atoms with Crippen LogP contribution >= 0.6 is 0 Å². The Bertz CT molecular complexity index is 166. The fourth-order valence-electron chi connectivity index (χ4n) is 2.39. The maximum Gasteiger partial charge on any atom is 0.0918 e. The molecule has 0 N–H and O–H groups in total. The number of likely N-dealkylation sites (tertiary alicyclic amines) is 1. The second-order valence-electron chi connectivity index (χ2n) is 4.60. The van der Waals surface area contributed by atoms with Crippen molar-refractivity contribution in [1.82, 2.24) is 0 Å². The molecule has 0 bridgehead atoms. The van der Waals surface area contributed by atoms with Crippen molar-refractivity contribution >= 4 is 0 Å². The van der Waals surface area contributed by atoms with E-state index in [0.29, 0.717) is 0 Å². The van der Waals surface area contributed by atoms with Gasteiger partial charge >= 0.3 is 0 Å². The molecular formula is C13H26N+. The third-order valence-corrected chi connectivity index (χ3v) is 3.32. The Labute approximate surface area is 89.4 Å². The lowest BCUT2D eigenvalue weighted by Gasteiger charge is -2.38. The third kappa shape index (κ3) is 3.45. The molecule has 0 spiro atoms. The maximum absolute atomic E-state index is 2.48. The van der Waals surface area contributed by atoms with Crippen molar-refractivity contribution in [2.24, 2.45) is 0 Å². The summed E-state index contributed by atoms with van der Waals surface area (Å²) in [5.41, 5.74) is 0. The average molecular weight is 196 g/mol. The minimum atomic E-state index is 1.19. The highest BCUT2D eigenvalue weighted by Gasteiger charge is 2.26. The summed E-state index contributed by atoms with van der Waals surface area (Å²) in [5, 5.41) is 0. The molecule has 1 heteroatoms. The number of hydrogen-bond acceptors (Lipinski definition) is 0. The maximum atomic E-state index is 2.48. The lowest BCUT2D eigenvalue weighted by Crippen LogP contribution is -2.47. The quantitative estimate of drug-likeness (QED) is 0.588. The summed E-state index contributed by atoms with van der Waals surface area (Å²) in [6, 6.07) is 0. The largest absolute Gasteiger partial charge is 0.298 e. The zero-order chi connectivity index (χ0) is 10.3. The molecule has 82 valence electrons. The monoisotopic (exact) mass is 196 g/mol. The van der Waals surface area contributed by atoms with Crippen LogP contribution in [0.2, 0.25) is 0 Å². The molecule has 1 aliphatic heterocycles. The standard InChI is InChI=1S/C13H26N/c1-3-5-10-14(11-6-4-2)12-8-7-9-13-14/h5,10H,3-4,6-9,11-13H2,1-2H3/q+1. The SMILES string of the molecule is CCC=C[N+]1(CCCC)CCCCC1. The Morgan fingerprint density at radius 3 is 2.36 bits per heavy atom. The van der Waals surface area contributed by atoms with Crippen LogP contribution in [0.4, 0.5) is 0 Å². The van der Waals surface area contributed by atoms with E-state index < -0.39 is 0 Å². The number of hydrogen-bond donors (Lipinski definition) is 0. The van der Waals surface area contributed by atoms with Crippen molar-refractivity contribution in [2.75, 3.05) is 19.6 Å². The molecule has 0 unspecified atom stereocenters. The molecular weight excluding hydrogens is 170 g/mol. The van der Waals surface area contributed by atoms with E-state index in [2.05, 4.69) is 26.1 Å². The number of piperidine rings is 1. The van der Waals surface area contributed by atoms with Gasteiger partial charge in [0.05, 0.1) is 25.8 Å². The average Bonchev–Trinajstić information content (AvgIpc) is 2.25. The highest BCUT2D eigenvalue weighted by molar-refractivity contribution is 4.74. The van der Waals surface area contributed by atoms with Crippen LogP contribution in [-0.4, -0.2) is 24.1 Å². The van der Waals surface area contributed by atoms with Crippen molar-refractivity contribution < 1.29 is 4.48 Å². The molecule has 0 aromatic rings. The van der Waals surface area contributed by atoms with E-state index in [4.69, 9.17) is 0 Å². The first-order valence-electron chi connectivity index (χ1n) is 6.36. The Hall–Kier alpha value is -0.300. The Morgan fingerprint density at radius 2 is 1.79 bits per heavy atom. The van der Waals surface area contributed by atoms with Gasteiger partial charge < -0.3 is 0 Å². The van der Waals surface area contributed by atoms with Gasteiger partial charge in [0.15, 0.2) is 0 Å². The molecule has 1 fully saturated rings. The lowest BCUT2D eigenvalue weighted by molar-refractivity contribution is -0.884.